The van der Waals surface area contributed by atoms with Gasteiger partial charge in [0, 0.05) is 37.4 Å². The first kappa shape index (κ1) is 18.7. The minimum absolute atomic E-state index is 1.11. The number of para-hydroxylation sites is 3. The van der Waals surface area contributed by atoms with Gasteiger partial charge >= 0.3 is 0 Å². The molecule has 0 saturated carbocycles. The van der Waals surface area contributed by atoms with Gasteiger partial charge in [0.15, 0.2) is 0 Å². The van der Waals surface area contributed by atoms with Gasteiger partial charge in [-0.1, -0.05) is 76.6 Å². The second kappa shape index (κ2) is 7.09. The Morgan fingerprint density at radius 2 is 1.00 bits per heavy atom. The summed E-state index contributed by atoms with van der Waals surface area (Å²) >= 11 is 3.84. The minimum Gasteiger partial charge on any atom is -0.309 e. The Hall–Kier alpha value is -3.82. The average molecular weight is 487 g/mol. The molecule has 2 heterocycles. The summed E-state index contributed by atoms with van der Waals surface area (Å²) in [7, 11) is 0. The Morgan fingerprint density at radius 1 is 0.424 bits per heavy atom. The first-order valence-corrected chi connectivity index (χ1v) is 11.9. The van der Waals surface area contributed by atoms with E-state index in [0.717, 1.165) is 4.47 Å². The van der Waals surface area contributed by atoms with Gasteiger partial charge in [-0.05, 0) is 54.6 Å². The quantitative estimate of drug-likeness (QED) is 0.231. The number of hydrogen-bond donors (Lipinski definition) is 0. The minimum atomic E-state index is 1.11. The highest BCUT2D eigenvalue weighted by Crippen LogP contribution is 2.39. The van der Waals surface area contributed by atoms with E-state index in [-0.39, 0.29) is 0 Å². The lowest BCUT2D eigenvalue weighted by Crippen LogP contribution is -1.95. The zero-order valence-electron chi connectivity index (χ0n) is 17.7. The molecule has 0 saturated heterocycles. The van der Waals surface area contributed by atoms with Crippen molar-refractivity contribution in [2.45, 2.75) is 0 Å². The maximum atomic E-state index is 3.84. The second-order valence-corrected chi connectivity index (χ2v) is 9.23. The van der Waals surface area contributed by atoms with Crippen LogP contribution in [0.25, 0.3) is 55.0 Å². The predicted octanol–water partition coefficient (Wildman–Crippen LogP) is 8.64. The van der Waals surface area contributed by atoms with Crippen molar-refractivity contribution in [3.05, 3.63) is 120 Å². The summed E-state index contributed by atoms with van der Waals surface area (Å²) < 4.78 is 5.84. The van der Waals surface area contributed by atoms with Crippen LogP contribution in [-0.2, 0) is 0 Å². The molecule has 0 fully saturated rings. The Labute approximate surface area is 199 Å². The van der Waals surface area contributed by atoms with Crippen molar-refractivity contribution in [2.24, 2.45) is 0 Å². The van der Waals surface area contributed by atoms with Crippen molar-refractivity contribution in [1.82, 2.24) is 9.13 Å². The third-order valence-electron chi connectivity index (χ3n) is 6.58. The van der Waals surface area contributed by atoms with Gasteiger partial charge < -0.3 is 9.13 Å². The van der Waals surface area contributed by atoms with E-state index in [4.69, 9.17) is 0 Å². The summed E-state index contributed by atoms with van der Waals surface area (Å²) in [4.78, 5) is 0. The van der Waals surface area contributed by atoms with Gasteiger partial charge in [0.2, 0.25) is 0 Å². The molecule has 0 aliphatic heterocycles. The Bertz CT molecular complexity index is 1770. The van der Waals surface area contributed by atoms with Crippen molar-refractivity contribution < 1.29 is 0 Å². The maximum absolute atomic E-state index is 3.84. The van der Waals surface area contributed by atoms with Gasteiger partial charge in [-0.2, -0.15) is 0 Å². The molecule has 0 unspecified atom stereocenters. The fourth-order valence-corrected chi connectivity index (χ4v) is 5.78. The van der Waals surface area contributed by atoms with Gasteiger partial charge in [0.1, 0.15) is 0 Å². The highest BCUT2D eigenvalue weighted by atomic mass is 79.9. The molecular formula is C30H19BrN2. The topological polar surface area (TPSA) is 9.86 Å². The van der Waals surface area contributed by atoms with E-state index in [2.05, 4.69) is 140 Å². The van der Waals surface area contributed by atoms with Crippen molar-refractivity contribution in [3.63, 3.8) is 0 Å². The van der Waals surface area contributed by atoms with Gasteiger partial charge in [-0.3, -0.25) is 0 Å². The number of nitrogens with zero attached hydrogens (tertiary/aromatic N) is 2. The predicted molar refractivity (Wildman–Crippen MR) is 143 cm³/mol. The highest BCUT2D eigenvalue weighted by molar-refractivity contribution is 9.10. The van der Waals surface area contributed by atoms with Crippen LogP contribution in [-0.4, -0.2) is 9.13 Å². The summed E-state index contributed by atoms with van der Waals surface area (Å²) in [6, 6.07) is 41.2. The molecule has 0 amide bonds. The van der Waals surface area contributed by atoms with Gasteiger partial charge in [0.25, 0.3) is 0 Å². The molecule has 3 heteroatoms. The maximum Gasteiger partial charge on any atom is 0.0552 e. The molecule has 0 aliphatic carbocycles. The fraction of sp³-hybridized carbons (Fsp3) is 0. The molecule has 0 atom stereocenters. The molecule has 33 heavy (non-hydrogen) atoms. The summed E-state index contributed by atoms with van der Waals surface area (Å²) in [5.74, 6) is 0. The number of benzene rings is 5. The van der Waals surface area contributed by atoms with E-state index >= 15 is 0 Å². The van der Waals surface area contributed by atoms with Crippen LogP contribution in [0.15, 0.2) is 120 Å². The SMILES string of the molecule is Brc1cccc2c1c1cc(-n3c4ccccc4c4ccccc43)ccc1n2-c1ccccc1. The number of aromatic nitrogens is 2. The number of halogens is 1. The van der Waals surface area contributed by atoms with E-state index in [0.29, 0.717) is 0 Å². The standard InChI is InChI=1S/C30H19BrN2/c31-25-13-8-16-29-30(25)24-19-21(17-18-28(24)32(29)20-9-2-1-3-10-20)33-26-14-6-4-11-22(26)23-12-5-7-15-27(23)33/h1-19H. The van der Waals surface area contributed by atoms with Gasteiger partial charge in [-0.15, -0.1) is 0 Å². The van der Waals surface area contributed by atoms with E-state index in [1.807, 2.05) is 0 Å². The van der Waals surface area contributed by atoms with Crippen LogP contribution in [0.4, 0.5) is 0 Å². The molecule has 156 valence electrons. The van der Waals surface area contributed by atoms with Crippen LogP contribution in [0.2, 0.25) is 0 Å². The first-order valence-electron chi connectivity index (χ1n) is 11.1. The molecular weight excluding hydrogens is 468 g/mol. The molecule has 7 aromatic rings. The van der Waals surface area contributed by atoms with Crippen LogP contribution in [0.3, 0.4) is 0 Å². The van der Waals surface area contributed by atoms with Crippen molar-refractivity contribution in [2.75, 3.05) is 0 Å². The van der Waals surface area contributed by atoms with Crippen molar-refractivity contribution in [1.29, 1.82) is 0 Å². The Balaban J connectivity index is 1.61. The molecule has 0 aliphatic rings. The lowest BCUT2D eigenvalue weighted by atomic mass is 10.1. The average Bonchev–Trinajstić information content (AvgIpc) is 3.38. The molecule has 7 rings (SSSR count). The number of rotatable bonds is 2. The first-order chi connectivity index (χ1) is 16.3. The third kappa shape index (κ3) is 2.66. The Morgan fingerprint density at radius 3 is 1.73 bits per heavy atom. The van der Waals surface area contributed by atoms with Crippen LogP contribution in [0, 0.1) is 0 Å². The molecule has 5 aromatic carbocycles. The zero-order chi connectivity index (χ0) is 21.9. The van der Waals surface area contributed by atoms with E-state index in [1.165, 1.54) is 55.0 Å². The van der Waals surface area contributed by atoms with Gasteiger partial charge in [-0.25, -0.2) is 0 Å². The van der Waals surface area contributed by atoms with E-state index in [1.54, 1.807) is 0 Å². The summed E-state index contributed by atoms with van der Waals surface area (Å²) in [6.45, 7) is 0. The van der Waals surface area contributed by atoms with Crippen LogP contribution >= 0.6 is 15.9 Å². The van der Waals surface area contributed by atoms with E-state index < -0.39 is 0 Å². The van der Waals surface area contributed by atoms with E-state index in [9.17, 15) is 0 Å². The lowest BCUT2D eigenvalue weighted by molar-refractivity contribution is 1.16. The zero-order valence-corrected chi connectivity index (χ0v) is 19.3. The molecule has 2 nitrogen and oxygen atoms in total. The van der Waals surface area contributed by atoms with Crippen LogP contribution in [0.1, 0.15) is 0 Å². The highest BCUT2D eigenvalue weighted by Gasteiger charge is 2.17. The smallest absolute Gasteiger partial charge is 0.0552 e. The van der Waals surface area contributed by atoms with Gasteiger partial charge in [0.05, 0.1) is 22.1 Å². The third-order valence-corrected chi connectivity index (χ3v) is 7.24. The fourth-order valence-electron chi connectivity index (χ4n) is 5.21. The van der Waals surface area contributed by atoms with Crippen molar-refractivity contribution >= 4 is 59.5 Å². The largest absolute Gasteiger partial charge is 0.309 e. The molecule has 0 spiro atoms. The lowest BCUT2D eigenvalue weighted by Gasteiger charge is -2.10. The summed E-state index contributed by atoms with van der Waals surface area (Å²) in [6.07, 6.45) is 0. The Kier molecular flexibility index (Phi) is 4.02. The van der Waals surface area contributed by atoms with Crippen molar-refractivity contribution in [3.8, 4) is 11.4 Å². The van der Waals surface area contributed by atoms with Crippen LogP contribution in [0.5, 0.6) is 0 Å². The second-order valence-electron chi connectivity index (χ2n) is 8.38. The molecule has 2 aromatic heterocycles. The number of hydrogen-bond acceptors (Lipinski definition) is 0. The normalized spacial score (nSPS) is 11.8. The number of fused-ring (bicyclic) bond motifs is 6. The summed E-state index contributed by atoms with van der Waals surface area (Å²) in [5.41, 5.74) is 7.19. The molecule has 0 bridgehead atoms. The molecule has 0 radical (unpaired) electrons. The molecule has 0 N–H and O–H groups in total. The van der Waals surface area contributed by atoms with Crippen LogP contribution < -0.4 is 0 Å². The monoisotopic (exact) mass is 486 g/mol. The summed E-state index contributed by atoms with van der Waals surface area (Å²) in [5, 5.41) is 5.03.